The van der Waals surface area contributed by atoms with Crippen LogP contribution in [0.15, 0.2) is 189 Å². The van der Waals surface area contributed by atoms with Crippen LogP contribution in [0.25, 0.3) is 0 Å². The zero-order valence-electron chi connectivity index (χ0n) is 68.4. The molecule has 0 aliphatic carbocycles. The predicted octanol–water partition coefficient (Wildman–Crippen LogP) is 45.0. The van der Waals surface area contributed by atoms with E-state index in [1.54, 1.807) is 116 Å². The van der Waals surface area contributed by atoms with Gasteiger partial charge in [0.15, 0.2) is 27.0 Å². The van der Waals surface area contributed by atoms with Crippen LogP contribution in [0.3, 0.4) is 0 Å². The Morgan fingerprint density at radius 1 is 0.279 bits per heavy atom. The van der Waals surface area contributed by atoms with Crippen molar-refractivity contribution in [1.29, 1.82) is 0 Å². The fraction of sp³-hybridized carbons (Fsp3) is 0.229. The number of halogens is 23. The Morgan fingerprint density at radius 2 is 0.680 bits per heavy atom. The summed E-state index contributed by atoms with van der Waals surface area (Å²) in [5, 5.41) is 15.8. The van der Waals surface area contributed by atoms with Crippen molar-refractivity contribution < 1.29 is 39.5 Å². The van der Waals surface area contributed by atoms with Crippen LogP contribution in [-0.4, -0.2) is 19.4 Å². The Kier molecular flexibility index (Phi) is 77.9. The molecule has 0 bridgehead atoms. The summed E-state index contributed by atoms with van der Waals surface area (Å²) in [5.41, 5.74) is 4.08. The monoisotopic (exact) mass is 2560 g/mol. The number of thiophene rings is 16. The quantitative estimate of drug-likeness (QED) is 0.105. The lowest BCUT2D eigenvalue weighted by Gasteiger charge is -1.74. The fourth-order valence-corrected chi connectivity index (χ4v) is 23.6. The van der Waals surface area contributed by atoms with Gasteiger partial charge in [0.05, 0.1) is 33.6 Å². The zero-order valence-corrected chi connectivity index (χ0v) is 97.8. The van der Waals surface area contributed by atoms with E-state index in [4.69, 9.17) is 69.6 Å². The molecular formula is C83H85Br7Cl7F9S16. The van der Waals surface area contributed by atoms with E-state index in [-0.39, 0.29) is 42.2 Å². The fourth-order valence-electron chi connectivity index (χ4n) is 6.62. The van der Waals surface area contributed by atoms with Gasteiger partial charge in [-0.15, -0.1) is 159 Å². The Bertz CT molecular complexity index is 4150. The van der Waals surface area contributed by atoms with E-state index in [0.717, 1.165) is 85.8 Å². The first kappa shape index (κ1) is 126. The standard InChI is InChI=1S/C5H4Br2S.C5H4BrClS.2C5H4BrFS.C5H5BrS.C5H4Cl2S.2C5H4ClFS.C5H5ClS.C5H4F2S.2C5H5FS.4C5H6S.CH3Br.CH3Cl.CH3F/c2*1-3-2-4(6)5(7)8-3;1-3-2-4(7)5(6)8-3;1-3-2-4(6)5(7)8-3;1-4-2-3-5(6)7-4;1-3-2-4(6)5(7)8-3;1-3-2-4(7)5(6)8-3;1-3-2-4(6)5(7)8-3;1-4-2-3-5(6)7-4;1-3-2-4(6)5(7)8-3;1-4-2-5(6)3-7-4;1-4-2-3-5(6)7-4;3*1-5-2-3-6-4-5;1-5-3-2-4-6-5;3*1-2/h4*2H,1H3;2-3H,1H3;3*2H,1H3;2-3H,1H3;2H,1H3;2*2-3H,1H3;4*2-4H,1H3;3*1H3. The third-order valence-electron chi connectivity index (χ3n) is 11.6. The van der Waals surface area contributed by atoms with Crippen LogP contribution in [0, 0.1) is 155 Å². The number of hydrogen-bond acceptors (Lipinski definition) is 16. The molecule has 0 aliphatic heterocycles. The van der Waals surface area contributed by atoms with Crippen molar-refractivity contribution in [3.63, 3.8) is 0 Å². The SMILES string of the molecule is CBr.CCl.CF.Cc1cc(Br)c(Br)s1.Cc1cc(Br)c(Cl)s1.Cc1cc(Br)c(F)s1.Cc1cc(Cl)c(Cl)s1.Cc1cc(Cl)c(F)s1.Cc1cc(F)c(Br)s1.Cc1cc(F)c(Cl)s1.Cc1cc(F)c(F)s1.Cc1cc(F)cs1.Cc1ccc(Br)s1.Cc1ccc(Cl)s1.Cc1ccc(F)s1.Cc1cccs1.Cc1ccsc1.Cc1ccsc1.Cc1ccsc1. The molecule has 0 N–H and O–H groups in total. The molecule has 0 saturated heterocycles. The summed E-state index contributed by atoms with van der Waals surface area (Å²) >= 11 is 83.9. The summed E-state index contributed by atoms with van der Waals surface area (Å²) < 4.78 is 115. The molecule has 0 amide bonds. The molecule has 674 valence electrons. The minimum Gasteiger partial charge on any atom is -0.255 e. The van der Waals surface area contributed by atoms with Crippen LogP contribution in [0.4, 0.5) is 39.5 Å². The van der Waals surface area contributed by atoms with Gasteiger partial charge in [0.25, 0.3) is 0 Å². The Balaban J connectivity index is -0.00000123. The topological polar surface area (TPSA) is 0 Å². The van der Waals surface area contributed by atoms with Crippen LogP contribution in [0.2, 0.25) is 27.4 Å². The van der Waals surface area contributed by atoms with Gasteiger partial charge in [-0.25, -0.2) is 17.6 Å². The van der Waals surface area contributed by atoms with Crippen molar-refractivity contribution in [1.82, 2.24) is 0 Å². The third kappa shape index (κ3) is 66.3. The molecule has 122 heavy (non-hydrogen) atoms. The molecule has 16 aromatic rings. The van der Waals surface area contributed by atoms with Crippen molar-refractivity contribution in [2.45, 2.75) is 111 Å². The van der Waals surface area contributed by atoms with Gasteiger partial charge in [-0.3, -0.25) is 4.39 Å². The first-order chi connectivity index (χ1) is 57.3. The van der Waals surface area contributed by atoms with Gasteiger partial charge in [-0.2, -0.15) is 51.6 Å². The molecule has 16 rings (SSSR count). The maximum absolute atomic E-state index is 12.3. The van der Waals surface area contributed by atoms with Gasteiger partial charge >= 0.3 is 0 Å². The van der Waals surface area contributed by atoms with Gasteiger partial charge in [-0.1, -0.05) is 91.6 Å². The van der Waals surface area contributed by atoms with Crippen molar-refractivity contribution >= 4 is 374 Å². The van der Waals surface area contributed by atoms with Gasteiger partial charge in [0.1, 0.15) is 28.4 Å². The molecule has 16 aromatic heterocycles. The van der Waals surface area contributed by atoms with E-state index in [0.29, 0.717) is 29.7 Å². The highest BCUT2D eigenvalue weighted by molar-refractivity contribution is 9.13. The maximum atomic E-state index is 12.3. The van der Waals surface area contributed by atoms with E-state index < -0.39 is 10.9 Å². The minimum absolute atomic E-state index is 0.0995. The average Bonchev–Trinajstić information content (AvgIpc) is 1.79. The van der Waals surface area contributed by atoms with Crippen LogP contribution < -0.4 is 0 Å². The second kappa shape index (κ2) is 75.4. The third-order valence-corrected chi connectivity index (χ3v) is 33.1. The molecule has 0 nitrogen and oxygen atoms in total. The lowest BCUT2D eigenvalue weighted by Crippen LogP contribution is -1.64. The number of rotatable bonds is 0. The second-order valence-corrected chi connectivity index (χ2v) is 50.5. The lowest BCUT2D eigenvalue weighted by atomic mass is 10.4. The van der Waals surface area contributed by atoms with Crippen molar-refractivity contribution in [3.05, 3.63) is 340 Å². The van der Waals surface area contributed by atoms with Crippen LogP contribution in [0.5, 0.6) is 0 Å². The molecule has 0 unspecified atom stereocenters. The van der Waals surface area contributed by atoms with Crippen molar-refractivity contribution in [3.8, 4) is 0 Å². The summed E-state index contributed by atoms with van der Waals surface area (Å²) in [4.78, 5) is 14.2. The molecule has 0 fully saturated rings. The highest BCUT2D eigenvalue weighted by atomic mass is 79.9. The molecule has 0 radical (unpaired) electrons. The van der Waals surface area contributed by atoms with Crippen LogP contribution in [0.1, 0.15) is 80.1 Å². The van der Waals surface area contributed by atoms with E-state index in [2.05, 4.69) is 251 Å². The van der Waals surface area contributed by atoms with E-state index in [1.165, 1.54) is 147 Å². The molecule has 0 atom stereocenters. The van der Waals surface area contributed by atoms with E-state index in [9.17, 15) is 39.5 Å². The highest BCUT2D eigenvalue weighted by Crippen LogP contribution is 2.34. The Hall–Kier alpha value is -0.0400. The lowest BCUT2D eigenvalue weighted by molar-refractivity contribution is 0.530. The molecule has 0 aromatic carbocycles. The van der Waals surface area contributed by atoms with Gasteiger partial charge < -0.3 is 0 Å². The van der Waals surface area contributed by atoms with Gasteiger partial charge in [-0.05, 0) is 382 Å². The van der Waals surface area contributed by atoms with Crippen molar-refractivity contribution in [2.75, 3.05) is 19.4 Å². The first-order valence-electron chi connectivity index (χ1n) is 33.6. The Labute approximate surface area is 871 Å². The summed E-state index contributed by atoms with van der Waals surface area (Å²) in [7, 11) is 0.500. The molecule has 16 heterocycles. The normalized spacial score (nSPS) is 9.23. The average molecular weight is 2570 g/mol. The maximum Gasteiger partial charge on any atom is 0.212 e. The molecule has 0 spiro atoms. The summed E-state index contributed by atoms with van der Waals surface area (Å²) in [6, 6.07) is 36.7. The predicted molar refractivity (Wildman–Crippen MR) is 574 cm³/mol. The van der Waals surface area contributed by atoms with Crippen molar-refractivity contribution in [2.24, 2.45) is 0 Å². The second-order valence-electron chi connectivity index (χ2n) is 22.4. The smallest absolute Gasteiger partial charge is 0.212 e. The van der Waals surface area contributed by atoms with E-state index >= 15 is 0 Å². The molecule has 39 heteroatoms. The van der Waals surface area contributed by atoms with Crippen LogP contribution >= 0.6 is 374 Å². The minimum atomic E-state index is -0.743. The Morgan fingerprint density at radius 3 is 0.795 bits per heavy atom. The largest absolute Gasteiger partial charge is 0.255 e. The summed E-state index contributed by atoms with van der Waals surface area (Å²) in [6.45, 7) is 31.4. The van der Waals surface area contributed by atoms with E-state index in [1.807, 2.05) is 92.4 Å². The number of alkyl halides is 3. The number of aryl methyl sites for hydroxylation is 16. The number of hydrogen-bond donors (Lipinski definition) is 0. The van der Waals surface area contributed by atoms with Gasteiger partial charge in [0, 0.05) is 84.1 Å². The summed E-state index contributed by atoms with van der Waals surface area (Å²) in [5.74, 6) is 0.476. The highest BCUT2D eigenvalue weighted by Gasteiger charge is 2.06. The van der Waals surface area contributed by atoms with Crippen LogP contribution in [-0.2, 0) is 0 Å². The first-order valence-corrected chi connectivity index (χ1v) is 56.5. The summed E-state index contributed by atoms with van der Waals surface area (Å²) in [6.07, 6.45) is 1.47. The molecule has 0 aliphatic rings. The molecular weight excluding hydrogens is 2490 g/mol. The molecule has 0 saturated carbocycles. The van der Waals surface area contributed by atoms with Gasteiger partial charge in [0.2, 0.25) is 5.13 Å². The zero-order chi connectivity index (χ0) is 93.9.